The number of pyridine rings is 1. The van der Waals surface area contributed by atoms with Crippen molar-refractivity contribution >= 4 is 51.7 Å². The van der Waals surface area contributed by atoms with Gasteiger partial charge in [0.2, 0.25) is 0 Å². The van der Waals surface area contributed by atoms with Gasteiger partial charge in [0.1, 0.15) is 15.8 Å². The number of hydrogen-bond donors (Lipinski definition) is 2. The van der Waals surface area contributed by atoms with E-state index in [0.29, 0.717) is 20.7 Å². The van der Waals surface area contributed by atoms with Crippen molar-refractivity contribution in [3.8, 4) is 0 Å². The van der Waals surface area contributed by atoms with Crippen LogP contribution in [-0.4, -0.2) is 48.8 Å². The Morgan fingerprint density at radius 1 is 1.30 bits per heavy atom. The van der Waals surface area contributed by atoms with Crippen molar-refractivity contribution < 1.29 is 9.90 Å². The minimum atomic E-state index is -0.271. The summed E-state index contributed by atoms with van der Waals surface area (Å²) in [7, 11) is 0. The van der Waals surface area contributed by atoms with Gasteiger partial charge >= 0.3 is 0 Å². The lowest BCUT2D eigenvalue weighted by Gasteiger charge is -2.29. The van der Waals surface area contributed by atoms with Crippen molar-refractivity contribution in [1.82, 2.24) is 14.3 Å². The monoisotopic (exact) mass is 444 g/mol. The summed E-state index contributed by atoms with van der Waals surface area (Å²) in [6.07, 6.45) is 8.64. The number of aliphatic hydroxyl groups excluding tert-OH is 1. The van der Waals surface area contributed by atoms with Gasteiger partial charge in [-0.3, -0.25) is 18.9 Å². The van der Waals surface area contributed by atoms with Crippen molar-refractivity contribution in [2.75, 3.05) is 18.5 Å². The number of rotatable bonds is 5. The third kappa shape index (κ3) is 4.01. The van der Waals surface area contributed by atoms with E-state index in [1.807, 2.05) is 13.0 Å². The Labute approximate surface area is 184 Å². The van der Waals surface area contributed by atoms with Crippen LogP contribution in [-0.2, 0) is 4.79 Å². The number of anilines is 1. The minimum Gasteiger partial charge on any atom is -0.395 e. The maximum absolute atomic E-state index is 13.2. The van der Waals surface area contributed by atoms with Gasteiger partial charge in [-0.1, -0.05) is 49.3 Å². The van der Waals surface area contributed by atoms with Crippen molar-refractivity contribution in [2.45, 2.75) is 45.1 Å². The summed E-state index contributed by atoms with van der Waals surface area (Å²) in [4.78, 5) is 33.1. The third-order valence-electron chi connectivity index (χ3n) is 5.45. The predicted molar refractivity (Wildman–Crippen MR) is 124 cm³/mol. The first kappa shape index (κ1) is 21.0. The smallest absolute Gasteiger partial charge is 0.267 e. The zero-order valence-electron chi connectivity index (χ0n) is 16.8. The number of fused-ring (bicyclic) bond motifs is 1. The normalized spacial score (nSPS) is 19.3. The van der Waals surface area contributed by atoms with E-state index < -0.39 is 0 Å². The largest absolute Gasteiger partial charge is 0.395 e. The van der Waals surface area contributed by atoms with Crippen LogP contribution in [0, 0.1) is 6.92 Å². The number of carbonyl (C=O) groups is 1. The molecule has 1 amide bonds. The Kier molecular flexibility index (Phi) is 6.21. The summed E-state index contributed by atoms with van der Waals surface area (Å²) in [6, 6.07) is 3.79. The fourth-order valence-electron chi connectivity index (χ4n) is 3.96. The average molecular weight is 445 g/mol. The zero-order chi connectivity index (χ0) is 21.3. The molecule has 1 saturated heterocycles. The number of amides is 1. The summed E-state index contributed by atoms with van der Waals surface area (Å²) in [5.74, 6) is 0.208. The van der Waals surface area contributed by atoms with Gasteiger partial charge in [-0.05, 0) is 37.5 Å². The lowest BCUT2D eigenvalue weighted by molar-refractivity contribution is -0.124. The van der Waals surface area contributed by atoms with Crippen LogP contribution in [0.25, 0.3) is 11.7 Å². The standard InChI is InChI=1S/C21H24N4O3S2/c1-13-7-8-17-23-18(22-9-10-26)15(19(27)24(17)12-13)11-16-20(28)25(21(29)30-16)14-5-3-2-4-6-14/h7-8,11-12,14,22,26H,2-6,9-10H2,1H3. The van der Waals surface area contributed by atoms with Crippen molar-refractivity contribution in [3.63, 3.8) is 0 Å². The molecule has 2 aromatic rings. The third-order valence-corrected chi connectivity index (χ3v) is 6.78. The van der Waals surface area contributed by atoms with Gasteiger partial charge in [-0.15, -0.1) is 0 Å². The summed E-state index contributed by atoms with van der Waals surface area (Å²) < 4.78 is 2.03. The Bertz CT molecular complexity index is 1090. The molecule has 9 heteroatoms. The van der Waals surface area contributed by atoms with E-state index in [1.54, 1.807) is 23.2 Å². The summed E-state index contributed by atoms with van der Waals surface area (Å²) in [6.45, 7) is 2.05. The highest BCUT2D eigenvalue weighted by Crippen LogP contribution is 2.37. The molecule has 158 valence electrons. The number of aromatic nitrogens is 2. The van der Waals surface area contributed by atoms with E-state index in [9.17, 15) is 14.7 Å². The average Bonchev–Trinajstić information content (AvgIpc) is 3.03. The minimum absolute atomic E-state index is 0.0990. The lowest BCUT2D eigenvalue weighted by atomic mass is 9.94. The number of nitrogens with one attached hydrogen (secondary N) is 1. The molecule has 2 aromatic heterocycles. The van der Waals surface area contributed by atoms with Gasteiger partial charge in [0.25, 0.3) is 11.5 Å². The second-order valence-electron chi connectivity index (χ2n) is 7.61. The van der Waals surface area contributed by atoms with Gasteiger partial charge in [-0.25, -0.2) is 4.98 Å². The fourth-order valence-corrected chi connectivity index (χ4v) is 5.35. The van der Waals surface area contributed by atoms with Gasteiger partial charge in [-0.2, -0.15) is 0 Å². The van der Waals surface area contributed by atoms with Crippen molar-refractivity contribution in [3.05, 3.63) is 44.7 Å². The molecule has 0 radical (unpaired) electrons. The van der Waals surface area contributed by atoms with Gasteiger partial charge in [0.05, 0.1) is 17.1 Å². The van der Waals surface area contributed by atoms with E-state index in [4.69, 9.17) is 12.2 Å². The fraction of sp³-hybridized carbons (Fsp3) is 0.429. The van der Waals surface area contributed by atoms with Crippen molar-refractivity contribution in [2.24, 2.45) is 0 Å². The van der Waals surface area contributed by atoms with Crippen LogP contribution in [0.1, 0.15) is 43.2 Å². The van der Waals surface area contributed by atoms with E-state index in [2.05, 4.69) is 10.3 Å². The van der Waals surface area contributed by atoms with Crippen LogP contribution in [0.2, 0.25) is 0 Å². The van der Waals surface area contributed by atoms with Gasteiger partial charge in [0, 0.05) is 18.8 Å². The molecule has 3 heterocycles. The first-order valence-electron chi connectivity index (χ1n) is 10.1. The molecule has 2 aliphatic rings. The molecule has 0 bridgehead atoms. The highest BCUT2D eigenvalue weighted by Gasteiger charge is 2.37. The van der Waals surface area contributed by atoms with Crippen LogP contribution < -0.4 is 10.9 Å². The first-order chi connectivity index (χ1) is 14.5. The summed E-state index contributed by atoms with van der Waals surface area (Å²) in [5.41, 5.74) is 1.44. The molecular formula is C21H24N4O3S2. The molecule has 0 unspecified atom stereocenters. The molecule has 0 aromatic carbocycles. The first-order valence-corrected chi connectivity index (χ1v) is 11.4. The van der Waals surface area contributed by atoms with Crippen LogP contribution in [0.15, 0.2) is 28.0 Å². The predicted octanol–water partition coefficient (Wildman–Crippen LogP) is 2.94. The summed E-state index contributed by atoms with van der Waals surface area (Å²) >= 11 is 6.74. The van der Waals surface area contributed by atoms with E-state index in [1.165, 1.54) is 22.6 Å². The molecule has 2 N–H and O–H groups in total. The number of aryl methyl sites for hydroxylation is 1. The number of hydrogen-bond acceptors (Lipinski definition) is 7. The molecule has 30 heavy (non-hydrogen) atoms. The lowest BCUT2D eigenvalue weighted by Crippen LogP contribution is -2.39. The van der Waals surface area contributed by atoms with Crippen LogP contribution >= 0.6 is 24.0 Å². The Balaban J connectivity index is 1.77. The molecule has 1 saturated carbocycles. The van der Waals surface area contributed by atoms with E-state index >= 15 is 0 Å². The Hall–Kier alpha value is -2.23. The van der Waals surface area contributed by atoms with Crippen LogP contribution in [0.4, 0.5) is 5.82 Å². The van der Waals surface area contributed by atoms with Crippen LogP contribution in [0.5, 0.6) is 0 Å². The van der Waals surface area contributed by atoms with Gasteiger partial charge in [0.15, 0.2) is 0 Å². The molecule has 1 aliphatic carbocycles. The molecule has 0 atom stereocenters. The Morgan fingerprint density at radius 3 is 2.80 bits per heavy atom. The molecule has 4 rings (SSSR count). The summed E-state index contributed by atoms with van der Waals surface area (Å²) in [5, 5.41) is 12.2. The number of carbonyl (C=O) groups excluding carboxylic acids is 1. The molecule has 0 spiro atoms. The maximum Gasteiger partial charge on any atom is 0.267 e. The van der Waals surface area contributed by atoms with Crippen LogP contribution in [0.3, 0.4) is 0 Å². The van der Waals surface area contributed by atoms with Crippen molar-refractivity contribution in [1.29, 1.82) is 0 Å². The SMILES string of the molecule is Cc1ccc2nc(NCCO)c(C=C3SC(=S)N(C4CCCCC4)C3=O)c(=O)n2c1. The Morgan fingerprint density at radius 2 is 2.07 bits per heavy atom. The molecule has 7 nitrogen and oxygen atoms in total. The number of thioether (sulfide) groups is 1. The second-order valence-corrected chi connectivity index (χ2v) is 9.28. The highest BCUT2D eigenvalue weighted by atomic mass is 32.2. The molecule has 2 fully saturated rings. The highest BCUT2D eigenvalue weighted by molar-refractivity contribution is 8.26. The number of nitrogens with zero attached hydrogens (tertiary/aromatic N) is 3. The number of aliphatic hydroxyl groups is 1. The van der Waals surface area contributed by atoms with E-state index in [-0.39, 0.29) is 36.2 Å². The molecule has 1 aliphatic heterocycles. The van der Waals surface area contributed by atoms with Gasteiger partial charge < -0.3 is 10.4 Å². The van der Waals surface area contributed by atoms with E-state index in [0.717, 1.165) is 31.2 Å². The number of thiocarbonyl (C=S) groups is 1. The zero-order valence-corrected chi connectivity index (χ0v) is 18.4. The maximum atomic E-state index is 13.2. The topological polar surface area (TPSA) is 86.9 Å². The quantitative estimate of drug-likeness (QED) is 0.542. The molecular weight excluding hydrogens is 420 g/mol. The second kappa shape index (κ2) is 8.87.